The number of carbonyl (C=O) groups excluding carboxylic acids is 2. The average Bonchev–Trinajstić information content (AvgIpc) is 2.95. The Balaban J connectivity index is 2.11. The molecule has 0 saturated carbocycles. The van der Waals surface area contributed by atoms with Gasteiger partial charge in [-0.2, -0.15) is 12.7 Å². The van der Waals surface area contributed by atoms with E-state index in [4.69, 9.17) is 0 Å². The third kappa shape index (κ3) is 8.66. The van der Waals surface area contributed by atoms with Gasteiger partial charge in [0.15, 0.2) is 0 Å². The van der Waals surface area contributed by atoms with Crippen LogP contribution in [0.15, 0.2) is 72.8 Å². The maximum absolute atomic E-state index is 14.4. The Kier molecular flexibility index (Phi) is 11.7. The molecule has 42 heavy (non-hydrogen) atoms. The SMILES string of the molecule is CCCCNC(=O)[C@@H](Cc1ccccc1)N(Cc1cccc(C)c1)C(=O)CN(c1cc(C)ccc1C)S(=O)(=O)N(C)C. The van der Waals surface area contributed by atoms with Gasteiger partial charge >= 0.3 is 10.2 Å². The van der Waals surface area contributed by atoms with Crippen LogP contribution in [0.5, 0.6) is 0 Å². The van der Waals surface area contributed by atoms with E-state index in [-0.39, 0.29) is 12.5 Å². The smallest absolute Gasteiger partial charge is 0.304 e. The van der Waals surface area contributed by atoms with Crippen LogP contribution < -0.4 is 9.62 Å². The molecule has 2 amide bonds. The van der Waals surface area contributed by atoms with Crippen molar-refractivity contribution in [2.45, 2.75) is 59.5 Å². The summed E-state index contributed by atoms with van der Waals surface area (Å²) in [6.07, 6.45) is 2.03. The van der Waals surface area contributed by atoms with Crippen molar-refractivity contribution in [3.63, 3.8) is 0 Å². The van der Waals surface area contributed by atoms with Gasteiger partial charge in [0.1, 0.15) is 12.6 Å². The lowest BCUT2D eigenvalue weighted by Gasteiger charge is -2.35. The van der Waals surface area contributed by atoms with Gasteiger partial charge in [-0.1, -0.05) is 85.6 Å². The first kappa shape index (κ1) is 32.8. The Morgan fingerprint density at radius 3 is 2.17 bits per heavy atom. The zero-order valence-corrected chi connectivity index (χ0v) is 26.4. The van der Waals surface area contributed by atoms with E-state index in [0.717, 1.165) is 49.3 Å². The van der Waals surface area contributed by atoms with Crippen LogP contribution in [0.3, 0.4) is 0 Å². The quantitative estimate of drug-likeness (QED) is 0.273. The first-order valence-electron chi connectivity index (χ1n) is 14.4. The monoisotopic (exact) mass is 592 g/mol. The molecule has 226 valence electrons. The van der Waals surface area contributed by atoms with Crippen LogP contribution in [-0.2, 0) is 32.8 Å². The Morgan fingerprint density at radius 2 is 1.52 bits per heavy atom. The van der Waals surface area contributed by atoms with E-state index in [9.17, 15) is 18.0 Å². The molecule has 0 aliphatic rings. The van der Waals surface area contributed by atoms with Crippen LogP contribution in [0.4, 0.5) is 5.69 Å². The zero-order valence-electron chi connectivity index (χ0n) is 25.6. The second kappa shape index (κ2) is 15.0. The number of benzene rings is 3. The third-order valence-corrected chi connectivity index (χ3v) is 8.99. The summed E-state index contributed by atoms with van der Waals surface area (Å²) in [6, 6.07) is 22.0. The lowest BCUT2D eigenvalue weighted by molar-refractivity contribution is -0.140. The standard InChI is InChI=1S/C33H44N4O4S/c1-7-8-19-34-33(39)31(22-28-14-10-9-11-15-28)36(23-29-16-12-13-25(2)20-29)32(38)24-37(42(40,41)35(5)6)30-21-26(3)17-18-27(30)4/h9-18,20-21,31H,7-8,19,22-24H2,1-6H3,(H,34,39)/t31-/m1/s1. The van der Waals surface area contributed by atoms with E-state index in [1.54, 1.807) is 6.07 Å². The molecule has 9 heteroatoms. The van der Waals surface area contributed by atoms with Gasteiger partial charge in [0, 0.05) is 33.6 Å². The van der Waals surface area contributed by atoms with E-state index in [1.165, 1.54) is 19.0 Å². The van der Waals surface area contributed by atoms with Crippen LogP contribution in [0, 0.1) is 20.8 Å². The van der Waals surface area contributed by atoms with E-state index in [2.05, 4.69) is 5.32 Å². The van der Waals surface area contributed by atoms with Gasteiger partial charge in [-0.3, -0.25) is 9.59 Å². The minimum atomic E-state index is -4.04. The van der Waals surface area contributed by atoms with Crippen LogP contribution in [-0.4, -0.2) is 62.7 Å². The van der Waals surface area contributed by atoms with Gasteiger partial charge in [0.2, 0.25) is 11.8 Å². The summed E-state index contributed by atoms with van der Waals surface area (Å²) in [5.74, 6) is -0.725. The van der Waals surface area contributed by atoms with E-state index in [1.807, 2.05) is 94.4 Å². The fraction of sp³-hybridized carbons (Fsp3) is 0.394. The van der Waals surface area contributed by atoms with Gasteiger partial charge in [-0.05, 0) is 55.5 Å². The molecule has 0 spiro atoms. The molecule has 0 bridgehead atoms. The summed E-state index contributed by atoms with van der Waals surface area (Å²) in [6.45, 7) is 7.92. The Labute approximate surface area is 251 Å². The van der Waals surface area contributed by atoms with Crippen molar-refractivity contribution in [2.24, 2.45) is 0 Å². The number of hydrogen-bond donors (Lipinski definition) is 1. The number of anilines is 1. The minimum Gasteiger partial charge on any atom is -0.354 e. The topological polar surface area (TPSA) is 90.0 Å². The van der Waals surface area contributed by atoms with Crippen molar-refractivity contribution in [3.05, 3.63) is 101 Å². The minimum absolute atomic E-state index is 0.155. The van der Waals surface area contributed by atoms with E-state index >= 15 is 0 Å². The number of amides is 2. The Morgan fingerprint density at radius 1 is 0.857 bits per heavy atom. The van der Waals surface area contributed by atoms with Crippen molar-refractivity contribution in [1.82, 2.24) is 14.5 Å². The van der Waals surface area contributed by atoms with Crippen molar-refractivity contribution in [2.75, 3.05) is 31.5 Å². The molecule has 0 fully saturated rings. The number of rotatable bonds is 14. The second-order valence-corrected chi connectivity index (χ2v) is 13.0. The molecule has 0 aliphatic heterocycles. The van der Waals surface area contributed by atoms with E-state index < -0.39 is 28.7 Å². The highest BCUT2D eigenvalue weighted by Gasteiger charge is 2.35. The van der Waals surface area contributed by atoms with Gasteiger partial charge in [0.05, 0.1) is 5.69 Å². The molecule has 1 atom stereocenters. The van der Waals surface area contributed by atoms with Gasteiger partial charge < -0.3 is 10.2 Å². The number of nitrogens with one attached hydrogen (secondary N) is 1. The molecule has 0 unspecified atom stereocenters. The summed E-state index contributed by atoms with van der Waals surface area (Å²) in [5.41, 5.74) is 4.82. The summed E-state index contributed by atoms with van der Waals surface area (Å²) in [4.78, 5) is 29.6. The fourth-order valence-electron chi connectivity index (χ4n) is 4.76. The summed E-state index contributed by atoms with van der Waals surface area (Å²) in [7, 11) is -1.15. The summed E-state index contributed by atoms with van der Waals surface area (Å²) >= 11 is 0. The largest absolute Gasteiger partial charge is 0.354 e. The molecule has 0 saturated heterocycles. The lowest BCUT2D eigenvalue weighted by atomic mass is 10.0. The number of hydrogen-bond acceptors (Lipinski definition) is 4. The van der Waals surface area contributed by atoms with Gasteiger partial charge in [-0.15, -0.1) is 0 Å². The maximum Gasteiger partial charge on any atom is 0.304 e. The van der Waals surface area contributed by atoms with Crippen molar-refractivity contribution in [3.8, 4) is 0 Å². The molecule has 0 radical (unpaired) electrons. The lowest BCUT2D eigenvalue weighted by Crippen LogP contribution is -2.54. The van der Waals surface area contributed by atoms with Crippen molar-refractivity contribution < 1.29 is 18.0 Å². The molecular weight excluding hydrogens is 548 g/mol. The predicted octanol–water partition coefficient (Wildman–Crippen LogP) is 4.78. The molecule has 1 N–H and O–H groups in total. The molecule has 3 rings (SSSR count). The maximum atomic E-state index is 14.4. The Bertz CT molecular complexity index is 1460. The number of carbonyl (C=O) groups is 2. The van der Waals surface area contributed by atoms with Gasteiger partial charge in [-0.25, -0.2) is 4.31 Å². The number of nitrogens with zero attached hydrogens (tertiary/aromatic N) is 3. The summed E-state index contributed by atoms with van der Waals surface area (Å²) in [5, 5.41) is 3.01. The van der Waals surface area contributed by atoms with E-state index in [0.29, 0.717) is 18.7 Å². The molecule has 3 aromatic carbocycles. The third-order valence-electron chi connectivity index (χ3n) is 7.19. The van der Waals surface area contributed by atoms with Crippen molar-refractivity contribution >= 4 is 27.7 Å². The fourth-order valence-corrected chi connectivity index (χ4v) is 5.87. The number of aryl methyl sites for hydroxylation is 3. The molecule has 0 heterocycles. The van der Waals surface area contributed by atoms with Gasteiger partial charge in [0.25, 0.3) is 0 Å². The van der Waals surface area contributed by atoms with Crippen LogP contribution in [0.1, 0.15) is 47.6 Å². The molecule has 3 aromatic rings. The highest BCUT2D eigenvalue weighted by Crippen LogP contribution is 2.26. The average molecular weight is 593 g/mol. The summed E-state index contributed by atoms with van der Waals surface area (Å²) < 4.78 is 29.5. The predicted molar refractivity (Wildman–Crippen MR) is 169 cm³/mol. The first-order chi connectivity index (χ1) is 19.9. The van der Waals surface area contributed by atoms with Crippen LogP contribution in [0.2, 0.25) is 0 Å². The molecule has 8 nitrogen and oxygen atoms in total. The van der Waals surface area contributed by atoms with Crippen molar-refractivity contribution in [1.29, 1.82) is 0 Å². The zero-order chi connectivity index (χ0) is 30.9. The first-order valence-corrected chi connectivity index (χ1v) is 15.8. The van der Waals surface area contributed by atoms with Crippen LogP contribution in [0.25, 0.3) is 0 Å². The molecule has 0 aromatic heterocycles. The number of unbranched alkanes of at least 4 members (excludes halogenated alkanes) is 1. The normalized spacial score (nSPS) is 12.2. The highest BCUT2D eigenvalue weighted by molar-refractivity contribution is 7.90. The second-order valence-electron chi connectivity index (χ2n) is 10.9. The molecule has 0 aliphatic carbocycles. The molecular formula is C33H44N4O4S. The highest BCUT2D eigenvalue weighted by atomic mass is 32.2. The van der Waals surface area contributed by atoms with Crippen LogP contribution >= 0.6 is 0 Å². The Hall–Kier alpha value is -3.69.